The highest BCUT2D eigenvalue weighted by atomic mass is 19.1. The molecule has 3 aromatic rings. The molecule has 0 spiro atoms. The van der Waals surface area contributed by atoms with Gasteiger partial charge in [0.05, 0.1) is 11.8 Å². The van der Waals surface area contributed by atoms with E-state index in [1.54, 1.807) is 12.4 Å². The molecule has 0 atom stereocenters. The van der Waals surface area contributed by atoms with Crippen molar-refractivity contribution in [1.29, 1.82) is 0 Å². The minimum atomic E-state index is -0.407. The van der Waals surface area contributed by atoms with Gasteiger partial charge in [-0.05, 0) is 30.7 Å². The Balaban J connectivity index is 1.97. The van der Waals surface area contributed by atoms with Crippen molar-refractivity contribution in [1.82, 2.24) is 20.1 Å². The second-order valence-corrected chi connectivity index (χ2v) is 4.04. The summed E-state index contributed by atoms with van der Waals surface area (Å²) in [6, 6.07) is 4.69. The SMILES string of the molecule is Cc1cncc(-c2nc(-c3ccc(F)cn3)no2)c1. The minimum absolute atomic E-state index is 0.316. The minimum Gasteiger partial charge on any atom is -0.333 e. The predicted molar refractivity (Wildman–Crippen MR) is 65.5 cm³/mol. The maximum Gasteiger partial charge on any atom is 0.259 e. The molecule has 0 aliphatic rings. The van der Waals surface area contributed by atoms with Crippen LogP contribution in [0.1, 0.15) is 5.56 Å². The summed E-state index contributed by atoms with van der Waals surface area (Å²) >= 11 is 0. The standard InChI is InChI=1S/C13H9FN4O/c1-8-4-9(6-15-5-8)13-17-12(18-19-13)11-3-2-10(14)7-16-11/h2-7H,1H3. The molecule has 5 nitrogen and oxygen atoms in total. The molecule has 94 valence electrons. The zero-order chi connectivity index (χ0) is 13.2. The van der Waals surface area contributed by atoms with Gasteiger partial charge in [0.1, 0.15) is 11.5 Å². The normalized spacial score (nSPS) is 10.6. The summed E-state index contributed by atoms with van der Waals surface area (Å²) in [5, 5.41) is 3.82. The van der Waals surface area contributed by atoms with Crippen molar-refractivity contribution in [3.63, 3.8) is 0 Å². The molecule has 0 aliphatic carbocycles. The van der Waals surface area contributed by atoms with Crippen LogP contribution < -0.4 is 0 Å². The molecule has 19 heavy (non-hydrogen) atoms. The first-order valence-corrected chi connectivity index (χ1v) is 5.60. The van der Waals surface area contributed by atoms with Crippen LogP contribution in [0.4, 0.5) is 4.39 Å². The number of hydrogen-bond acceptors (Lipinski definition) is 5. The molecule has 3 heterocycles. The average molecular weight is 256 g/mol. The van der Waals surface area contributed by atoms with E-state index in [-0.39, 0.29) is 0 Å². The Morgan fingerprint density at radius 3 is 2.79 bits per heavy atom. The van der Waals surface area contributed by atoms with Crippen LogP contribution in [0.15, 0.2) is 41.3 Å². The van der Waals surface area contributed by atoms with Gasteiger partial charge < -0.3 is 4.52 Å². The molecule has 3 aromatic heterocycles. The predicted octanol–water partition coefficient (Wildman–Crippen LogP) is 2.64. The molecule has 0 bridgehead atoms. The lowest BCUT2D eigenvalue weighted by Gasteiger charge is -1.94. The van der Waals surface area contributed by atoms with Crippen LogP contribution in [-0.4, -0.2) is 20.1 Å². The summed E-state index contributed by atoms with van der Waals surface area (Å²) in [5.41, 5.74) is 2.19. The Morgan fingerprint density at radius 2 is 2.05 bits per heavy atom. The van der Waals surface area contributed by atoms with Crippen LogP contribution in [0.2, 0.25) is 0 Å². The lowest BCUT2D eigenvalue weighted by molar-refractivity contribution is 0.432. The second-order valence-electron chi connectivity index (χ2n) is 4.04. The molecular weight excluding hydrogens is 247 g/mol. The molecule has 0 saturated heterocycles. The number of aromatic nitrogens is 4. The summed E-state index contributed by atoms with van der Waals surface area (Å²) in [7, 11) is 0. The topological polar surface area (TPSA) is 64.7 Å². The van der Waals surface area contributed by atoms with Crippen molar-refractivity contribution in [2.45, 2.75) is 6.92 Å². The van der Waals surface area contributed by atoms with Crippen molar-refractivity contribution in [3.8, 4) is 23.0 Å². The van der Waals surface area contributed by atoms with Gasteiger partial charge in [-0.25, -0.2) is 9.37 Å². The van der Waals surface area contributed by atoms with Gasteiger partial charge >= 0.3 is 0 Å². The molecule has 0 aromatic carbocycles. The van der Waals surface area contributed by atoms with E-state index in [0.29, 0.717) is 17.4 Å². The molecule has 0 amide bonds. The Labute approximate surface area is 108 Å². The third-order valence-corrected chi connectivity index (χ3v) is 2.50. The molecule has 6 heteroatoms. The quantitative estimate of drug-likeness (QED) is 0.705. The zero-order valence-corrected chi connectivity index (χ0v) is 10.0. The van der Waals surface area contributed by atoms with Crippen molar-refractivity contribution in [3.05, 3.63) is 48.2 Å². The Morgan fingerprint density at radius 1 is 1.16 bits per heavy atom. The largest absolute Gasteiger partial charge is 0.333 e. The van der Waals surface area contributed by atoms with Gasteiger partial charge in [-0.3, -0.25) is 4.98 Å². The van der Waals surface area contributed by atoms with Crippen LogP contribution in [-0.2, 0) is 0 Å². The number of halogens is 1. The number of nitrogens with zero attached hydrogens (tertiary/aromatic N) is 4. The van der Waals surface area contributed by atoms with Crippen molar-refractivity contribution < 1.29 is 8.91 Å². The number of hydrogen-bond donors (Lipinski definition) is 0. The van der Waals surface area contributed by atoms with Crippen LogP contribution in [0.25, 0.3) is 23.0 Å². The Bertz CT molecular complexity index is 709. The number of pyridine rings is 2. The van der Waals surface area contributed by atoms with Crippen LogP contribution in [0.3, 0.4) is 0 Å². The van der Waals surface area contributed by atoms with Gasteiger partial charge in [0.2, 0.25) is 5.82 Å². The maximum atomic E-state index is 12.8. The first-order valence-electron chi connectivity index (χ1n) is 5.60. The lowest BCUT2D eigenvalue weighted by Crippen LogP contribution is -1.87. The third kappa shape index (κ3) is 2.33. The highest BCUT2D eigenvalue weighted by Gasteiger charge is 2.11. The summed E-state index contributed by atoms with van der Waals surface area (Å²) < 4.78 is 17.9. The third-order valence-electron chi connectivity index (χ3n) is 2.50. The maximum absolute atomic E-state index is 12.8. The highest BCUT2D eigenvalue weighted by Crippen LogP contribution is 2.20. The molecule has 0 aliphatic heterocycles. The van der Waals surface area contributed by atoms with Gasteiger partial charge in [-0.2, -0.15) is 4.98 Å². The van der Waals surface area contributed by atoms with E-state index < -0.39 is 5.82 Å². The van der Waals surface area contributed by atoms with Gasteiger partial charge in [0.15, 0.2) is 0 Å². The van der Waals surface area contributed by atoms with Crippen molar-refractivity contribution >= 4 is 0 Å². The fraction of sp³-hybridized carbons (Fsp3) is 0.0769. The van der Waals surface area contributed by atoms with Crippen molar-refractivity contribution in [2.24, 2.45) is 0 Å². The molecule has 0 unspecified atom stereocenters. The van der Waals surface area contributed by atoms with Gasteiger partial charge in [0.25, 0.3) is 5.89 Å². The average Bonchev–Trinajstić information content (AvgIpc) is 2.89. The van der Waals surface area contributed by atoms with Crippen LogP contribution in [0, 0.1) is 12.7 Å². The van der Waals surface area contributed by atoms with E-state index >= 15 is 0 Å². The van der Waals surface area contributed by atoms with E-state index in [2.05, 4.69) is 20.1 Å². The molecular formula is C13H9FN4O. The van der Waals surface area contributed by atoms with Gasteiger partial charge in [-0.1, -0.05) is 5.16 Å². The fourth-order valence-electron chi connectivity index (χ4n) is 1.62. The summed E-state index contributed by atoms with van der Waals surface area (Å²) in [6.07, 6.45) is 4.49. The first kappa shape index (κ1) is 11.5. The van der Waals surface area contributed by atoms with Crippen LogP contribution in [0.5, 0.6) is 0 Å². The van der Waals surface area contributed by atoms with E-state index in [0.717, 1.165) is 17.3 Å². The number of aryl methyl sites for hydroxylation is 1. The lowest BCUT2D eigenvalue weighted by atomic mass is 10.2. The Kier molecular flexibility index (Phi) is 2.75. The van der Waals surface area contributed by atoms with Gasteiger partial charge in [-0.15, -0.1) is 0 Å². The number of rotatable bonds is 2. The van der Waals surface area contributed by atoms with E-state index in [4.69, 9.17) is 4.52 Å². The summed E-state index contributed by atoms with van der Waals surface area (Å²) in [6.45, 7) is 1.93. The summed E-state index contributed by atoms with van der Waals surface area (Å²) in [5.74, 6) is 0.268. The monoisotopic (exact) mass is 256 g/mol. The van der Waals surface area contributed by atoms with Crippen molar-refractivity contribution in [2.75, 3.05) is 0 Å². The van der Waals surface area contributed by atoms with E-state index in [1.165, 1.54) is 12.1 Å². The molecule has 0 N–H and O–H groups in total. The summed E-state index contributed by atoms with van der Waals surface area (Å²) in [4.78, 5) is 12.2. The Hall–Kier alpha value is -2.63. The molecule has 0 saturated carbocycles. The van der Waals surface area contributed by atoms with E-state index in [9.17, 15) is 4.39 Å². The first-order chi connectivity index (χ1) is 9.22. The highest BCUT2D eigenvalue weighted by molar-refractivity contribution is 5.56. The van der Waals surface area contributed by atoms with E-state index in [1.807, 2.05) is 13.0 Å². The zero-order valence-electron chi connectivity index (χ0n) is 10.0. The smallest absolute Gasteiger partial charge is 0.259 e. The van der Waals surface area contributed by atoms with Gasteiger partial charge in [0, 0.05) is 12.4 Å². The second kappa shape index (κ2) is 4.56. The van der Waals surface area contributed by atoms with Crippen LogP contribution >= 0.6 is 0 Å². The molecule has 0 radical (unpaired) electrons. The molecule has 3 rings (SSSR count). The molecule has 0 fully saturated rings. The fourth-order valence-corrected chi connectivity index (χ4v) is 1.62.